The van der Waals surface area contributed by atoms with Gasteiger partial charge in [-0.1, -0.05) is 19.9 Å². The Morgan fingerprint density at radius 2 is 2.05 bits per heavy atom. The summed E-state index contributed by atoms with van der Waals surface area (Å²) in [6.45, 7) is 4.20. The highest BCUT2D eigenvalue weighted by molar-refractivity contribution is 5.96. The van der Waals surface area contributed by atoms with E-state index in [2.05, 4.69) is 10.3 Å². The van der Waals surface area contributed by atoms with Crippen LogP contribution in [0.4, 0.5) is 0 Å². The number of amides is 2. The van der Waals surface area contributed by atoms with Crippen LogP contribution in [0.25, 0.3) is 0 Å². The topological polar surface area (TPSA) is 62.3 Å². The van der Waals surface area contributed by atoms with Crippen molar-refractivity contribution in [3.63, 3.8) is 0 Å². The second kappa shape index (κ2) is 5.82. The summed E-state index contributed by atoms with van der Waals surface area (Å²) >= 11 is 0. The van der Waals surface area contributed by atoms with E-state index < -0.39 is 12.1 Å². The van der Waals surface area contributed by atoms with Crippen LogP contribution in [0.2, 0.25) is 0 Å². The molecule has 2 unspecified atom stereocenters. The summed E-state index contributed by atoms with van der Waals surface area (Å²) in [6.07, 6.45) is 2.92. The van der Waals surface area contributed by atoms with Crippen molar-refractivity contribution < 1.29 is 9.59 Å². The van der Waals surface area contributed by atoms with E-state index in [9.17, 15) is 9.59 Å². The molecule has 102 valence electrons. The second-order valence-corrected chi connectivity index (χ2v) is 4.68. The summed E-state index contributed by atoms with van der Waals surface area (Å²) in [6, 6.07) is 4.79. The zero-order valence-corrected chi connectivity index (χ0v) is 11.3. The third kappa shape index (κ3) is 2.75. The molecule has 1 fully saturated rings. The molecule has 0 radical (unpaired) electrons. The Hall–Kier alpha value is -1.91. The maximum Gasteiger partial charge on any atom is 0.246 e. The van der Waals surface area contributed by atoms with Gasteiger partial charge in [0.05, 0.1) is 12.2 Å². The smallest absolute Gasteiger partial charge is 0.246 e. The Morgan fingerprint density at radius 1 is 1.26 bits per heavy atom. The molecule has 1 aromatic rings. The first-order valence-electron chi connectivity index (χ1n) is 6.68. The summed E-state index contributed by atoms with van der Waals surface area (Å²) in [5.41, 5.74) is 0.804. The monoisotopic (exact) mass is 261 g/mol. The third-order valence-electron chi connectivity index (χ3n) is 3.43. The maximum atomic E-state index is 12.4. The van der Waals surface area contributed by atoms with Gasteiger partial charge in [-0.3, -0.25) is 14.6 Å². The van der Waals surface area contributed by atoms with Gasteiger partial charge in [-0.25, -0.2) is 0 Å². The van der Waals surface area contributed by atoms with Crippen LogP contribution in [-0.4, -0.2) is 33.8 Å². The molecule has 1 aromatic heterocycles. The largest absolute Gasteiger partial charge is 0.343 e. The molecule has 1 aliphatic rings. The van der Waals surface area contributed by atoms with Gasteiger partial charge in [0.15, 0.2) is 0 Å². The van der Waals surface area contributed by atoms with E-state index in [1.807, 2.05) is 32.0 Å². The minimum Gasteiger partial charge on any atom is -0.343 e. The van der Waals surface area contributed by atoms with Crippen LogP contribution in [0.5, 0.6) is 0 Å². The molecule has 0 spiro atoms. The van der Waals surface area contributed by atoms with Gasteiger partial charge in [0.2, 0.25) is 11.8 Å². The number of carbonyl (C=O) groups excluding carboxylic acids is 2. The fraction of sp³-hybridized carbons (Fsp3) is 0.500. The Bertz CT molecular complexity index is 461. The number of piperazine rings is 1. The van der Waals surface area contributed by atoms with Gasteiger partial charge in [0.1, 0.15) is 12.1 Å². The van der Waals surface area contributed by atoms with Crippen molar-refractivity contribution in [2.45, 2.75) is 45.3 Å². The van der Waals surface area contributed by atoms with Gasteiger partial charge >= 0.3 is 0 Å². The number of hydrogen-bond acceptors (Lipinski definition) is 3. The maximum absolute atomic E-state index is 12.4. The fourth-order valence-electron chi connectivity index (χ4n) is 2.36. The minimum atomic E-state index is -0.404. The van der Waals surface area contributed by atoms with Crippen molar-refractivity contribution in [1.29, 1.82) is 0 Å². The summed E-state index contributed by atoms with van der Waals surface area (Å²) in [5.74, 6) is -0.0792. The lowest BCUT2D eigenvalue weighted by Gasteiger charge is -2.38. The molecule has 5 nitrogen and oxygen atoms in total. The molecule has 0 bridgehead atoms. The predicted octanol–water partition coefficient (Wildman–Crippen LogP) is 1.10. The van der Waals surface area contributed by atoms with Crippen molar-refractivity contribution in [1.82, 2.24) is 15.2 Å². The number of rotatable bonds is 4. The fourth-order valence-corrected chi connectivity index (χ4v) is 2.36. The summed E-state index contributed by atoms with van der Waals surface area (Å²) in [7, 11) is 0. The Kier molecular flexibility index (Phi) is 4.14. The Morgan fingerprint density at radius 3 is 2.63 bits per heavy atom. The molecule has 2 rings (SSSR count). The van der Waals surface area contributed by atoms with Crippen molar-refractivity contribution in [3.05, 3.63) is 30.1 Å². The average molecular weight is 261 g/mol. The van der Waals surface area contributed by atoms with Gasteiger partial charge in [-0.15, -0.1) is 0 Å². The van der Waals surface area contributed by atoms with Crippen LogP contribution in [-0.2, 0) is 16.1 Å². The lowest BCUT2D eigenvalue weighted by atomic mass is 10.0. The number of carbonyl (C=O) groups is 2. The van der Waals surface area contributed by atoms with E-state index in [1.54, 1.807) is 11.1 Å². The van der Waals surface area contributed by atoms with Crippen LogP contribution in [0.3, 0.4) is 0 Å². The lowest BCUT2D eigenvalue weighted by molar-refractivity contribution is -0.150. The van der Waals surface area contributed by atoms with Crippen LogP contribution in [0, 0.1) is 0 Å². The molecule has 19 heavy (non-hydrogen) atoms. The Labute approximate surface area is 113 Å². The quantitative estimate of drug-likeness (QED) is 0.882. The standard InChI is InChI=1S/C14H19N3O2/c1-3-11-14(19)17(12(4-2)13(18)16-11)9-10-7-5-6-8-15-10/h5-8,11-12H,3-4,9H2,1-2H3,(H,16,18). The first-order chi connectivity index (χ1) is 9.17. The van der Waals surface area contributed by atoms with E-state index in [-0.39, 0.29) is 11.8 Å². The van der Waals surface area contributed by atoms with Crippen molar-refractivity contribution >= 4 is 11.8 Å². The van der Waals surface area contributed by atoms with E-state index in [4.69, 9.17) is 0 Å². The highest BCUT2D eigenvalue weighted by Crippen LogP contribution is 2.17. The predicted molar refractivity (Wildman–Crippen MR) is 71.1 cm³/mol. The molecule has 5 heteroatoms. The Balaban J connectivity index is 2.22. The zero-order valence-electron chi connectivity index (χ0n) is 11.3. The van der Waals surface area contributed by atoms with Crippen molar-refractivity contribution in [2.24, 2.45) is 0 Å². The molecule has 2 amide bonds. The normalized spacial score (nSPS) is 23.4. The highest BCUT2D eigenvalue weighted by Gasteiger charge is 2.38. The van der Waals surface area contributed by atoms with Crippen molar-refractivity contribution in [2.75, 3.05) is 0 Å². The lowest BCUT2D eigenvalue weighted by Crippen LogP contribution is -2.62. The number of aromatic nitrogens is 1. The van der Waals surface area contributed by atoms with Gasteiger partial charge in [0.25, 0.3) is 0 Å². The third-order valence-corrected chi connectivity index (χ3v) is 3.43. The second-order valence-electron chi connectivity index (χ2n) is 4.68. The summed E-state index contributed by atoms with van der Waals surface area (Å²) in [4.78, 5) is 30.2. The summed E-state index contributed by atoms with van der Waals surface area (Å²) < 4.78 is 0. The average Bonchev–Trinajstić information content (AvgIpc) is 2.44. The molecule has 1 saturated heterocycles. The first-order valence-corrected chi connectivity index (χ1v) is 6.68. The van der Waals surface area contributed by atoms with Crippen LogP contribution < -0.4 is 5.32 Å². The van der Waals surface area contributed by atoms with E-state index in [0.717, 1.165) is 5.69 Å². The molecule has 2 atom stereocenters. The van der Waals surface area contributed by atoms with Crippen LogP contribution >= 0.6 is 0 Å². The van der Waals surface area contributed by atoms with E-state index in [1.165, 1.54) is 0 Å². The molecule has 1 N–H and O–H groups in total. The molecule has 2 heterocycles. The number of hydrogen-bond donors (Lipinski definition) is 1. The summed E-state index contributed by atoms with van der Waals surface area (Å²) in [5, 5.41) is 2.78. The zero-order chi connectivity index (χ0) is 13.8. The molecule has 0 aliphatic carbocycles. The van der Waals surface area contributed by atoms with Gasteiger partial charge in [0, 0.05) is 6.20 Å². The van der Waals surface area contributed by atoms with Crippen LogP contribution in [0.15, 0.2) is 24.4 Å². The van der Waals surface area contributed by atoms with Crippen molar-refractivity contribution in [3.8, 4) is 0 Å². The van der Waals surface area contributed by atoms with Gasteiger partial charge in [-0.05, 0) is 25.0 Å². The SMILES string of the molecule is CCC1NC(=O)C(CC)N(Cc2ccccn2)C1=O. The van der Waals surface area contributed by atoms with E-state index in [0.29, 0.717) is 19.4 Å². The minimum absolute atomic E-state index is 0.0143. The first kappa shape index (κ1) is 13.5. The van der Waals surface area contributed by atoms with Gasteiger partial charge in [-0.2, -0.15) is 0 Å². The molecule has 0 aromatic carbocycles. The molecular weight excluding hydrogens is 242 g/mol. The molecule has 0 saturated carbocycles. The molecule has 1 aliphatic heterocycles. The van der Waals surface area contributed by atoms with Gasteiger partial charge < -0.3 is 10.2 Å². The number of nitrogens with one attached hydrogen (secondary N) is 1. The van der Waals surface area contributed by atoms with Crippen LogP contribution in [0.1, 0.15) is 32.4 Å². The molecular formula is C14H19N3O2. The highest BCUT2D eigenvalue weighted by atomic mass is 16.2. The van der Waals surface area contributed by atoms with E-state index >= 15 is 0 Å². The number of nitrogens with zero attached hydrogens (tertiary/aromatic N) is 2. The number of pyridine rings is 1.